The lowest BCUT2D eigenvalue weighted by Gasteiger charge is -2.09. The molecule has 0 aliphatic rings. The van der Waals surface area contributed by atoms with E-state index in [4.69, 9.17) is 5.73 Å². The first kappa shape index (κ1) is 10.7. The lowest BCUT2D eigenvalue weighted by molar-refractivity contribution is 1.17. The van der Waals surface area contributed by atoms with Crippen molar-refractivity contribution in [2.45, 2.75) is 20.8 Å². The predicted octanol–water partition coefficient (Wildman–Crippen LogP) is 3.26. The summed E-state index contributed by atoms with van der Waals surface area (Å²) in [5, 5.41) is 0. The smallest absolute Gasteiger partial charge is 0.0379 e. The fourth-order valence-electron chi connectivity index (χ4n) is 1.75. The third-order valence-electron chi connectivity index (χ3n) is 2.83. The molecule has 2 aromatic rings. The number of hydrogen-bond acceptors (Lipinski definition) is 2. The van der Waals surface area contributed by atoms with Gasteiger partial charge in [-0.25, -0.2) is 0 Å². The highest BCUT2D eigenvalue weighted by Crippen LogP contribution is 2.26. The molecule has 0 saturated heterocycles. The lowest BCUT2D eigenvalue weighted by atomic mass is 10.00. The van der Waals surface area contributed by atoms with E-state index in [1.807, 2.05) is 26.1 Å². The number of rotatable bonds is 1. The van der Waals surface area contributed by atoms with Gasteiger partial charge in [0.05, 0.1) is 0 Å². The van der Waals surface area contributed by atoms with Crippen molar-refractivity contribution < 1.29 is 0 Å². The van der Waals surface area contributed by atoms with Crippen LogP contribution in [0.4, 0.5) is 5.69 Å². The van der Waals surface area contributed by atoms with Gasteiger partial charge in [-0.05, 0) is 55.2 Å². The SMILES string of the molecule is Cc1cc(-c2ccc(C)c(N)c2)c(C)cn1. The van der Waals surface area contributed by atoms with Gasteiger partial charge in [-0.3, -0.25) is 4.98 Å². The molecule has 2 nitrogen and oxygen atoms in total. The van der Waals surface area contributed by atoms with E-state index in [-0.39, 0.29) is 0 Å². The fraction of sp³-hybridized carbons (Fsp3) is 0.214. The van der Waals surface area contributed by atoms with E-state index >= 15 is 0 Å². The van der Waals surface area contributed by atoms with Gasteiger partial charge in [-0.15, -0.1) is 0 Å². The Morgan fingerprint density at radius 1 is 1.00 bits per heavy atom. The molecule has 0 unspecified atom stereocenters. The Hall–Kier alpha value is -1.83. The van der Waals surface area contributed by atoms with Crippen LogP contribution in [0.2, 0.25) is 0 Å². The molecule has 0 radical (unpaired) electrons. The van der Waals surface area contributed by atoms with Gasteiger partial charge in [0.15, 0.2) is 0 Å². The van der Waals surface area contributed by atoms with Crippen LogP contribution in [-0.4, -0.2) is 4.98 Å². The molecule has 0 fully saturated rings. The van der Waals surface area contributed by atoms with Crippen LogP contribution >= 0.6 is 0 Å². The van der Waals surface area contributed by atoms with Crippen LogP contribution in [-0.2, 0) is 0 Å². The molecule has 0 atom stereocenters. The molecule has 0 amide bonds. The van der Waals surface area contributed by atoms with Crippen LogP contribution in [0.25, 0.3) is 11.1 Å². The van der Waals surface area contributed by atoms with Crippen LogP contribution in [0, 0.1) is 20.8 Å². The zero-order valence-corrected chi connectivity index (χ0v) is 9.91. The number of nitrogens with two attached hydrogens (primary N) is 1. The van der Waals surface area contributed by atoms with E-state index < -0.39 is 0 Å². The molecule has 1 heterocycles. The highest BCUT2D eigenvalue weighted by molar-refractivity contribution is 5.71. The van der Waals surface area contributed by atoms with Crippen molar-refractivity contribution in [1.29, 1.82) is 0 Å². The second-order valence-corrected chi connectivity index (χ2v) is 4.21. The summed E-state index contributed by atoms with van der Waals surface area (Å²) in [6, 6.07) is 8.28. The summed E-state index contributed by atoms with van der Waals surface area (Å²) in [7, 11) is 0. The van der Waals surface area contributed by atoms with Gasteiger partial charge in [0.25, 0.3) is 0 Å². The first-order chi connectivity index (χ1) is 7.58. The molecule has 0 spiro atoms. The summed E-state index contributed by atoms with van der Waals surface area (Å²) < 4.78 is 0. The van der Waals surface area contributed by atoms with Crippen LogP contribution in [0.5, 0.6) is 0 Å². The Kier molecular flexibility index (Phi) is 2.65. The Balaban J connectivity index is 2.58. The van der Waals surface area contributed by atoms with Crippen LogP contribution in [0.1, 0.15) is 16.8 Å². The third-order valence-corrected chi connectivity index (χ3v) is 2.83. The Labute approximate surface area is 96.1 Å². The molecule has 0 bridgehead atoms. The first-order valence-corrected chi connectivity index (χ1v) is 5.37. The minimum atomic E-state index is 0.839. The van der Waals surface area contributed by atoms with Crippen molar-refractivity contribution in [3.8, 4) is 11.1 Å². The maximum Gasteiger partial charge on any atom is 0.0379 e. The minimum Gasteiger partial charge on any atom is -0.398 e. The Morgan fingerprint density at radius 2 is 1.75 bits per heavy atom. The quantitative estimate of drug-likeness (QED) is 0.737. The van der Waals surface area contributed by atoms with Crippen molar-refractivity contribution in [3.63, 3.8) is 0 Å². The van der Waals surface area contributed by atoms with E-state index in [2.05, 4.69) is 30.1 Å². The van der Waals surface area contributed by atoms with Gasteiger partial charge < -0.3 is 5.73 Å². The molecule has 2 heteroatoms. The standard InChI is InChI=1S/C14H16N2/c1-9-4-5-12(7-14(9)15)13-6-11(3)16-8-10(13)2/h4-8H,15H2,1-3H3. The van der Waals surface area contributed by atoms with Crippen molar-refractivity contribution >= 4 is 5.69 Å². The van der Waals surface area contributed by atoms with E-state index in [1.54, 1.807) is 0 Å². The molecule has 1 aromatic carbocycles. The maximum atomic E-state index is 5.93. The number of pyridine rings is 1. The molecular weight excluding hydrogens is 196 g/mol. The summed E-state index contributed by atoms with van der Waals surface area (Å²) in [5.41, 5.74) is 12.5. The first-order valence-electron chi connectivity index (χ1n) is 5.37. The van der Waals surface area contributed by atoms with Crippen LogP contribution in [0.15, 0.2) is 30.5 Å². The number of benzene rings is 1. The minimum absolute atomic E-state index is 0.839. The summed E-state index contributed by atoms with van der Waals surface area (Å²) in [6.45, 7) is 6.09. The molecule has 16 heavy (non-hydrogen) atoms. The van der Waals surface area contributed by atoms with Crippen LogP contribution in [0.3, 0.4) is 0 Å². The van der Waals surface area contributed by atoms with Crippen LogP contribution < -0.4 is 5.73 Å². The number of anilines is 1. The molecule has 2 rings (SSSR count). The van der Waals surface area contributed by atoms with Gasteiger partial charge >= 0.3 is 0 Å². The molecule has 0 saturated carbocycles. The number of nitrogens with zero attached hydrogens (tertiary/aromatic N) is 1. The number of nitrogen functional groups attached to an aromatic ring is 1. The summed E-state index contributed by atoms with van der Waals surface area (Å²) in [6.07, 6.45) is 1.90. The van der Waals surface area contributed by atoms with Gasteiger partial charge in [0, 0.05) is 17.6 Å². The van der Waals surface area contributed by atoms with Crippen molar-refractivity contribution in [2.75, 3.05) is 5.73 Å². The monoisotopic (exact) mass is 212 g/mol. The molecule has 0 aliphatic heterocycles. The number of aryl methyl sites for hydroxylation is 3. The van der Waals surface area contributed by atoms with Gasteiger partial charge in [0.2, 0.25) is 0 Å². The van der Waals surface area contributed by atoms with Gasteiger partial charge in [-0.1, -0.05) is 12.1 Å². The van der Waals surface area contributed by atoms with Crippen molar-refractivity contribution in [3.05, 3.63) is 47.3 Å². The highest BCUT2D eigenvalue weighted by atomic mass is 14.7. The fourth-order valence-corrected chi connectivity index (χ4v) is 1.75. The van der Waals surface area contributed by atoms with E-state index in [9.17, 15) is 0 Å². The maximum absolute atomic E-state index is 5.93. The normalized spacial score (nSPS) is 10.4. The average molecular weight is 212 g/mol. The topological polar surface area (TPSA) is 38.9 Å². The van der Waals surface area contributed by atoms with Crippen molar-refractivity contribution in [2.24, 2.45) is 0 Å². The molecule has 2 N–H and O–H groups in total. The molecule has 82 valence electrons. The predicted molar refractivity (Wildman–Crippen MR) is 68.3 cm³/mol. The zero-order valence-electron chi connectivity index (χ0n) is 9.91. The van der Waals surface area contributed by atoms with Gasteiger partial charge in [0.1, 0.15) is 0 Å². The lowest BCUT2D eigenvalue weighted by Crippen LogP contribution is -1.92. The molecule has 1 aromatic heterocycles. The third kappa shape index (κ3) is 1.91. The largest absolute Gasteiger partial charge is 0.398 e. The highest BCUT2D eigenvalue weighted by Gasteiger charge is 2.04. The summed E-state index contributed by atoms with van der Waals surface area (Å²) in [5.74, 6) is 0. The summed E-state index contributed by atoms with van der Waals surface area (Å²) >= 11 is 0. The molecular formula is C14H16N2. The van der Waals surface area contributed by atoms with Crippen molar-refractivity contribution in [1.82, 2.24) is 4.98 Å². The second-order valence-electron chi connectivity index (χ2n) is 4.21. The van der Waals surface area contributed by atoms with E-state index in [0.717, 1.165) is 22.5 Å². The molecule has 0 aliphatic carbocycles. The van der Waals surface area contributed by atoms with Gasteiger partial charge in [-0.2, -0.15) is 0 Å². The van der Waals surface area contributed by atoms with E-state index in [0.29, 0.717) is 0 Å². The summed E-state index contributed by atoms with van der Waals surface area (Å²) in [4.78, 5) is 4.27. The average Bonchev–Trinajstić information content (AvgIpc) is 2.26. The Morgan fingerprint density at radius 3 is 2.44 bits per heavy atom. The van der Waals surface area contributed by atoms with E-state index in [1.165, 1.54) is 11.1 Å². The zero-order chi connectivity index (χ0) is 11.7. The Bertz CT molecular complexity index is 530. The number of hydrogen-bond donors (Lipinski definition) is 1. The second kappa shape index (κ2) is 3.97. The number of aromatic nitrogens is 1.